The lowest BCUT2D eigenvalue weighted by atomic mass is 9.95. The van der Waals surface area contributed by atoms with E-state index in [9.17, 15) is 5.11 Å². The summed E-state index contributed by atoms with van der Waals surface area (Å²) in [5.41, 5.74) is 1.65. The molecule has 0 aromatic carbocycles. The fourth-order valence-electron chi connectivity index (χ4n) is 2.87. The van der Waals surface area contributed by atoms with Gasteiger partial charge >= 0.3 is 0 Å². The Morgan fingerprint density at radius 1 is 1.00 bits per heavy atom. The standard InChI is InChI=1S/C18H24OS2/c1-18(2,3)16-10-9-14(21-16)17(19)15-11-12-7-5-4-6-8-13(12)20-15/h9-11,17,19H,4-8H2,1-3H3. The fraction of sp³-hybridized carbons (Fsp3) is 0.556. The molecule has 2 aromatic heterocycles. The second-order valence-corrected chi connectivity index (χ2v) is 9.30. The van der Waals surface area contributed by atoms with Crippen LogP contribution in [0.2, 0.25) is 0 Å². The van der Waals surface area contributed by atoms with Crippen molar-refractivity contribution in [1.29, 1.82) is 0 Å². The molecule has 0 aliphatic heterocycles. The largest absolute Gasteiger partial charge is 0.382 e. The van der Waals surface area contributed by atoms with E-state index in [0.29, 0.717) is 0 Å². The molecule has 114 valence electrons. The maximum absolute atomic E-state index is 10.7. The summed E-state index contributed by atoms with van der Waals surface area (Å²) in [6.07, 6.45) is 5.89. The van der Waals surface area contributed by atoms with Gasteiger partial charge in [0.2, 0.25) is 0 Å². The van der Waals surface area contributed by atoms with E-state index in [1.807, 2.05) is 11.3 Å². The van der Waals surface area contributed by atoms with Gasteiger partial charge in [0.1, 0.15) is 6.10 Å². The van der Waals surface area contributed by atoms with Crippen molar-refractivity contribution < 1.29 is 5.11 Å². The van der Waals surface area contributed by atoms with Crippen LogP contribution in [-0.2, 0) is 18.3 Å². The molecule has 1 atom stereocenters. The lowest BCUT2D eigenvalue weighted by Crippen LogP contribution is -2.07. The molecule has 3 heteroatoms. The zero-order valence-corrected chi connectivity index (χ0v) is 14.7. The highest BCUT2D eigenvalue weighted by Crippen LogP contribution is 2.38. The van der Waals surface area contributed by atoms with Crippen molar-refractivity contribution in [3.63, 3.8) is 0 Å². The van der Waals surface area contributed by atoms with Gasteiger partial charge in [-0.1, -0.05) is 27.2 Å². The third kappa shape index (κ3) is 3.25. The summed E-state index contributed by atoms with van der Waals surface area (Å²) >= 11 is 3.57. The zero-order valence-electron chi connectivity index (χ0n) is 13.1. The van der Waals surface area contributed by atoms with Crippen molar-refractivity contribution in [2.45, 2.75) is 64.4 Å². The van der Waals surface area contributed by atoms with E-state index in [1.165, 1.54) is 47.4 Å². The predicted molar refractivity (Wildman–Crippen MR) is 92.7 cm³/mol. The molecule has 0 amide bonds. The minimum absolute atomic E-state index is 0.162. The monoisotopic (exact) mass is 320 g/mol. The molecule has 21 heavy (non-hydrogen) atoms. The summed E-state index contributed by atoms with van der Waals surface area (Å²) in [5.74, 6) is 0. The Morgan fingerprint density at radius 3 is 2.48 bits per heavy atom. The van der Waals surface area contributed by atoms with Crippen molar-refractivity contribution in [2.75, 3.05) is 0 Å². The molecule has 1 unspecified atom stereocenters. The molecule has 1 N–H and O–H groups in total. The van der Waals surface area contributed by atoms with E-state index in [-0.39, 0.29) is 5.41 Å². The highest BCUT2D eigenvalue weighted by atomic mass is 32.1. The molecular formula is C18H24OS2. The third-order valence-corrected chi connectivity index (χ3v) is 7.02. The van der Waals surface area contributed by atoms with Crippen LogP contribution in [0, 0.1) is 0 Å². The van der Waals surface area contributed by atoms with Crippen LogP contribution in [0.3, 0.4) is 0 Å². The van der Waals surface area contributed by atoms with Gasteiger partial charge in [-0.05, 0) is 54.9 Å². The minimum Gasteiger partial charge on any atom is -0.382 e. The first kappa shape index (κ1) is 15.3. The fourth-order valence-corrected chi connectivity index (χ4v) is 5.28. The Morgan fingerprint density at radius 2 is 1.76 bits per heavy atom. The number of aryl methyl sites for hydroxylation is 2. The second-order valence-electron chi connectivity index (χ2n) is 7.01. The van der Waals surface area contributed by atoms with Crippen molar-refractivity contribution in [2.24, 2.45) is 0 Å². The van der Waals surface area contributed by atoms with E-state index < -0.39 is 6.10 Å². The predicted octanol–water partition coefficient (Wildman–Crippen LogP) is 5.46. The molecule has 0 saturated carbocycles. The van der Waals surface area contributed by atoms with Crippen LogP contribution < -0.4 is 0 Å². The maximum atomic E-state index is 10.7. The van der Waals surface area contributed by atoms with Crippen molar-refractivity contribution in [3.05, 3.63) is 43.3 Å². The Hall–Kier alpha value is -0.640. The molecule has 0 bridgehead atoms. The highest BCUT2D eigenvalue weighted by Gasteiger charge is 2.22. The normalized spacial score (nSPS) is 17.3. The van der Waals surface area contributed by atoms with Gasteiger partial charge in [0.05, 0.1) is 0 Å². The smallest absolute Gasteiger partial charge is 0.122 e. The first-order chi connectivity index (χ1) is 9.95. The second kappa shape index (κ2) is 5.86. The lowest BCUT2D eigenvalue weighted by molar-refractivity contribution is 0.228. The minimum atomic E-state index is -0.442. The highest BCUT2D eigenvalue weighted by molar-refractivity contribution is 7.13. The van der Waals surface area contributed by atoms with Crippen molar-refractivity contribution >= 4 is 22.7 Å². The van der Waals surface area contributed by atoms with Crippen molar-refractivity contribution in [1.82, 2.24) is 0 Å². The molecule has 0 spiro atoms. The molecule has 1 aliphatic rings. The van der Waals surface area contributed by atoms with E-state index in [0.717, 1.165) is 9.75 Å². The summed E-state index contributed by atoms with van der Waals surface area (Å²) in [5, 5.41) is 10.7. The molecule has 1 nitrogen and oxygen atoms in total. The van der Waals surface area contributed by atoms with Gasteiger partial charge in [0, 0.05) is 19.5 Å². The topological polar surface area (TPSA) is 20.2 Å². The summed E-state index contributed by atoms with van der Waals surface area (Å²) in [4.78, 5) is 5.06. The Bertz CT molecular complexity index is 592. The Balaban J connectivity index is 1.85. The van der Waals surface area contributed by atoms with Gasteiger partial charge in [-0.15, -0.1) is 22.7 Å². The van der Waals surface area contributed by atoms with E-state index >= 15 is 0 Å². The van der Waals surface area contributed by atoms with Gasteiger partial charge in [-0.3, -0.25) is 0 Å². The van der Waals surface area contributed by atoms with E-state index in [2.05, 4.69) is 39.0 Å². The van der Waals surface area contributed by atoms with Crippen LogP contribution >= 0.6 is 22.7 Å². The van der Waals surface area contributed by atoms with Crippen LogP contribution in [0.5, 0.6) is 0 Å². The number of rotatable bonds is 2. The number of aliphatic hydroxyl groups is 1. The summed E-state index contributed by atoms with van der Waals surface area (Å²) < 4.78 is 0. The summed E-state index contributed by atoms with van der Waals surface area (Å²) in [6, 6.07) is 6.52. The van der Waals surface area contributed by atoms with Crippen LogP contribution in [0.25, 0.3) is 0 Å². The molecule has 0 fully saturated rings. The number of hydrogen-bond acceptors (Lipinski definition) is 3. The van der Waals surface area contributed by atoms with Crippen LogP contribution in [0.15, 0.2) is 18.2 Å². The SMILES string of the molecule is CC(C)(C)c1ccc(C(O)c2cc3c(s2)CCCCC3)s1. The van der Waals surface area contributed by atoms with Crippen LogP contribution in [-0.4, -0.2) is 5.11 Å². The maximum Gasteiger partial charge on any atom is 0.122 e. The third-order valence-electron chi connectivity index (χ3n) is 4.17. The lowest BCUT2D eigenvalue weighted by Gasteiger charge is -2.15. The van der Waals surface area contributed by atoms with Gasteiger partial charge in [-0.2, -0.15) is 0 Å². The number of hydrogen-bond donors (Lipinski definition) is 1. The average Bonchev–Trinajstić information content (AvgIpc) is 3.01. The van der Waals surface area contributed by atoms with E-state index in [4.69, 9.17) is 0 Å². The molecule has 2 aromatic rings. The first-order valence-electron chi connectivity index (χ1n) is 7.85. The molecule has 0 saturated heterocycles. The Labute approximate surface area is 135 Å². The molecule has 0 radical (unpaired) electrons. The average molecular weight is 321 g/mol. The van der Waals surface area contributed by atoms with Crippen molar-refractivity contribution in [3.8, 4) is 0 Å². The Kier molecular flexibility index (Phi) is 4.26. The zero-order chi connectivity index (χ0) is 15.0. The summed E-state index contributed by atoms with van der Waals surface area (Å²) in [7, 11) is 0. The van der Waals surface area contributed by atoms with Gasteiger partial charge < -0.3 is 5.11 Å². The van der Waals surface area contributed by atoms with Gasteiger partial charge in [-0.25, -0.2) is 0 Å². The first-order valence-corrected chi connectivity index (χ1v) is 9.48. The summed E-state index contributed by atoms with van der Waals surface area (Å²) in [6.45, 7) is 6.67. The quantitative estimate of drug-likeness (QED) is 0.729. The van der Waals surface area contributed by atoms with Crippen LogP contribution in [0.4, 0.5) is 0 Å². The van der Waals surface area contributed by atoms with Crippen LogP contribution in [0.1, 0.15) is 71.2 Å². The molecule has 3 rings (SSSR count). The molecular weight excluding hydrogens is 296 g/mol. The number of fused-ring (bicyclic) bond motifs is 1. The number of aliphatic hydroxyl groups excluding tert-OH is 1. The van der Waals surface area contributed by atoms with Gasteiger partial charge in [0.15, 0.2) is 0 Å². The molecule has 2 heterocycles. The van der Waals surface area contributed by atoms with E-state index in [1.54, 1.807) is 11.3 Å². The number of thiophene rings is 2. The molecule has 1 aliphatic carbocycles. The van der Waals surface area contributed by atoms with Gasteiger partial charge in [0.25, 0.3) is 0 Å².